The summed E-state index contributed by atoms with van der Waals surface area (Å²) in [5.41, 5.74) is 0.868. The van der Waals surface area contributed by atoms with Gasteiger partial charge in [-0.15, -0.1) is 0 Å². The lowest BCUT2D eigenvalue weighted by Crippen LogP contribution is -2.45. The normalized spacial score (nSPS) is 26.9. The molecule has 1 amide bonds. The van der Waals surface area contributed by atoms with Gasteiger partial charge in [-0.05, 0) is 19.4 Å². The monoisotopic (exact) mass is 379 g/mol. The molecule has 148 valence electrons. The second kappa shape index (κ2) is 8.24. The number of esters is 1. The molecule has 0 aliphatic carbocycles. The number of carbonyl (C=O) groups excluding carboxylic acids is 2. The van der Waals surface area contributed by atoms with Crippen molar-refractivity contribution in [2.75, 3.05) is 7.11 Å². The summed E-state index contributed by atoms with van der Waals surface area (Å²) in [6, 6.07) is 8.72. The Morgan fingerprint density at radius 1 is 1.26 bits per heavy atom. The van der Waals surface area contributed by atoms with Gasteiger partial charge in [0.05, 0.1) is 25.7 Å². The molecule has 0 spiro atoms. The van der Waals surface area contributed by atoms with E-state index < -0.39 is 36.3 Å². The van der Waals surface area contributed by atoms with E-state index in [0.717, 1.165) is 5.56 Å². The zero-order chi connectivity index (χ0) is 19.4. The largest absolute Gasteiger partial charge is 0.469 e. The molecule has 0 bridgehead atoms. The Morgan fingerprint density at radius 3 is 2.67 bits per heavy atom. The molecule has 0 radical (unpaired) electrons. The first kappa shape index (κ1) is 19.6. The average molecular weight is 379 g/mol. The topological polar surface area (TPSA) is 92.3 Å². The number of methoxy groups -OCH3 is 1. The van der Waals surface area contributed by atoms with Crippen molar-refractivity contribution in [3.05, 3.63) is 35.9 Å². The van der Waals surface area contributed by atoms with Crippen LogP contribution in [0.2, 0.25) is 0 Å². The fourth-order valence-corrected chi connectivity index (χ4v) is 3.25. The second-order valence-electron chi connectivity index (χ2n) is 7.05. The molecule has 27 heavy (non-hydrogen) atoms. The van der Waals surface area contributed by atoms with Crippen molar-refractivity contribution >= 4 is 12.1 Å². The lowest BCUT2D eigenvalue weighted by Gasteiger charge is -2.26. The first-order valence-corrected chi connectivity index (χ1v) is 8.91. The number of benzene rings is 1. The van der Waals surface area contributed by atoms with Crippen LogP contribution >= 0.6 is 0 Å². The van der Waals surface area contributed by atoms with Crippen molar-refractivity contribution < 1.29 is 33.3 Å². The van der Waals surface area contributed by atoms with Crippen LogP contribution in [-0.4, -0.2) is 49.5 Å². The van der Waals surface area contributed by atoms with Crippen LogP contribution in [0.5, 0.6) is 0 Å². The maximum Gasteiger partial charge on any atom is 0.407 e. The van der Waals surface area contributed by atoms with Crippen molar-refractivity contribution in [2.45, 2.75) is 63.6 Å². The third-order valence-electron chi connectivity index (χ3n) is 4.49. The summed E-state index contributed by atoms with van der Waals surface area (Å²) < 4.78 is 27.3. The van der Waals surface area contributed by atoms with E-state index in [1.807, 2.05) is 44.2 Å². The minimum atomic E-state index is -0.708. The molecule has 2 saturated heterocycles. The summed E-state index contributed by atoms with van der Waals surface area (Å²) in [5.74, 6) is -1.16. The molecule has 3 rings (SSSR count). The number of hydrogen-bond acceptors (Lipinski definition) is 7. The van der Waals surface area contributed by atoms with Gasteiger partial charge >= 0.3 is 12.1 Å². The van der Waals surface area contributed by atoms with Crippen LogP contribution in [0.25, 0.3) is 0 Å². The minimum absolute atomic E-state index is 0.0373. The molecule has 2 aliphatic heterocycles. The number of alkyl carbamates (subject to hydrolysis) is 1. The summed E-state index contributed by atoms with van der Waals surface area (Å²) in [6.45, 7) is 3.76. The molecule has 0 saturated carbocycles. The zero-order valence-electron chi connectivity index (χ0n) is 15.7. The van der Waals surface area contributed by atoms with E-state index in [1.165, 1.54) is 7.11 Å². The van der Waals surface area contributed by atoms with E-state index in [0.29, 0.717) is 6.42 Å². The highest BCUT2D eigenvalue weighted by atomic mass is 16.8. The number of rotatable bonds is 6. The predicted molar refractivity (Wildman–Crippen MR) is 93.5 cm³/mol. The van der Waals surface area contributed by atoms with Crippen molar-refractivity contribution in [3.8, 4) is 0 Å². The van der Waals surface area contributed by atoms with Gasteiger partial charge in [0.15, 0.2) is 12.1 Å². The molecule has 4 atom stereocenters. The van der Waals surface area contributed by atoms with Crippen molar-refractivity contribution in [2.24, 2.45) is 0 Å². The predicted octanol–water partition coefficient (Wildman–Crippen LogP) is 2.11. The smallest absolute Gasteiger partial charge is 0.407 e. The summed E-state index contributed by atoms with van der Waals surface area (Å²) in [7, 11) is 1.30. The molecule has 2 fully saturated rings. The lowest BCUT2D eigenvalue weighted by atomic mass is 10.0. The van der Waals surface area contributed by atoms with Crippen molar-refractivity contribution in [1.82, 2.24) is 5.32 Å². The van der Waals surface area contributed by atoms with Crippen LogP contribution in [0.4, 0.5) is 4.79 Å². The Labute approximate surface area is 158 Å². The Balaban J connectivity index is 1.57. The molecule has 0 unspecified atom stereocenters. The zero-order valence-corrected chi connectivity index (χ0v) is 15.7. The Bertz CT molecular complexity index is 647. The van der Waals surface area contributed by atoms with E-state index >= 15 is 0 Å². The van der Waals surface area contributed by atoms with Crippen LogP contribution in [0.15, 0.2) is 30.3 Å². The minimum Gasteiger partial charge on any atom is -0.469 e. The molecular weight excluding hydrogens is 354 g/mol. The third kappa shape index (κ3) is 5.18. The quantitative estimate of drug-likeness (QED) is 0.757. The first-order chi connectivity index (χ1) is 12.9. The molecule has 1 aromatic rings. The van der Waals surface area contributed by atoms with Crippen LogP contribution in [0.1, 0.15) is 32.3 Å². The molecule has 8 heteroatoms. The van der Waals surface area contributed by atoms with Crippen LogP contribution < -0.4 is 5.32 Å². The Hall–Kier alpha value is -2.16. The van der Waals surface area contributed by atoms with Gasteiger partial charge in [0, 0.05) is 6.42 Å². The molecular formula is C19H25NO7. The molecule has 0 aromatic heterocycles. The Kier molecular flexibility index (Phi) is 5.98. The number of amides is 1. The van der Waals surface area contributed by atoms with Crippen LogP contribution in [0.3, 0.4) is 0 Å². The number of nitrogens with one attached hydrogen (secondary N) is 1. The highest BCUT2D eigenvalue weighted by Crippen LogP contribution is 2.38. The third-order valence-corrected chi connectivity index (χ3v) is 4.49. The molecule has 8 nitrogen and oxygen atoms in total. The lowest BCUT2D eigenvalue weighted by molar-refractivity contribution is -0.207. The second-order valence-corrected chi connectivity index (χ2v) is 7.05. The number of carbonyl (C=O) groups is 2. The fourth-order valence-electron chi connectivity index (χ4n) is 3.25. The summed E-state index contributed by atoms with van der Waals surface area (Å²) in [4.78, 5) is 24.0. The van der Waals surface area contributed by atoms with E-state index in [9.17, 15) is 9.59 Å². The average Bonchev–Trinajstić information content (AvgIpc) is 3.13. The maximum atomic E-state index is 12.2. The van der Waals surface area contributed by atoms with Gasteiger partial charge in [-0.25, -0.2) is 4.79 Å². The highest BCUT2D eigenvalue weighted by molar-refractivity contribution is 5.72. The van der Waals surface area contributed by atoms with E-state index in [1.54, 1.807) is 0 Å². The summed E-state index contributed by atoms with van der Waals surface area (Å²) in [5, 5.41) is 2.71. The van der Waals surface area contributed by atoms with Gasteiger partial charge < -0.3 is 29.0 Å². The van der Waals surface area contributed by atoms with Gasteiger partial charge in [-0.1, -0.05) is 30.3 Å². The van der Waals surface area contributed by atoms with E-state index in [-0.39, 0.29) is 19.1 Å². The molecule has 2 aliphatic rings. The Morgan fingerprint density at radius 2 is 2.00 bits per heavy atom. The van der Waals surface area contributed by atoms with Crippen molar-refractivity contribution in [1.29, 1.82) is 0 Å². The number of ether oxygens (including phenoxy) is 5. The van der Waals surface area contributed by atoms with Gasteiger partial charge in [0.25, 0.3) is 0 Å². The molecule has 1 aromatic carbocycles. The van der Waals surface area contributed by atoms with Crippen molar-refractivity contribution in [3.63, 3.8) is 0 Å². The SMILES string of the molecule is COC(=O)C[C@@H](NC(=O)OCc1ccccc1)[C@H]1C[C@H]2OC(C)(C)O[C@H]2O1. The van der Waals surface area contributed by atoms with Gasteiger partial charge in [0.1, 0.15) is 12.7 Å². The highest BCUT2D eigenvalue weighted by Gasteiger charge is 2.50. The van der Waals surface area contributed by atoms with E-state index in [2.05, 4.69) is 5.32 Å². The van der Waals surface area contributed by atoms with Gasteiger partial charge in [0.2, 0.25) is 0 Å². The standard InChI is InChI=1S/C19H25NO7/c1-19(2)26-15-10-14(25-17(15)27-19)13(9-16(21)23-3)20-18(22)24-11-12-7-5-4-6-8-12/h4-8,13-15,17H,9-11H2,1-3H3,(H,20,22)/t13-,14-,15-,17-/m1/s1. The summed E-state index contributed by atoms with van der Waals surface area (Å²) in [6.07, 6.45) is -1.38. The summed E-state index contributed by atoms with van der Waals surface area (Å²) >= 11 is 0. The first-order valence-electron chi connectivity index (χ1n) is 8.91. The van der Waals surface area contributed by atoms with Gasteiger partial charge in [-0.2, -0.15) is 0 Å². The van der Waals surface area contributed by atoms with Crippen LogP contribution in [0, 0.1) is 0 Å². The molecule has 1 N–H and O–H groups in total. The fraction of sp³-hybridized carbons (Fsp3) is 0.579. The number of hydrogen-bond donors (Lipinski definition) is 1. The maximum absolute atomic E-state index is 12.2. The number of fused-ring (bicyclic) bond motifs is 1. The van der Waals surface area contributed by atoms with Gasteiger partial charge in [-0.3, -0.25) is 4.79 Å². The molecule has 2 heterocycles. The van der Waals surface area contributed by atoms with E-state index in [4.69, 9.17) is 23.7 Å². The van der Waals surface area contributed by atoms with Crippen LogP contribution in [-0.2, 0) is 35.1 Å².